The molecule has 1 aromatic heterocycles. The third-order valence-corrected chi connectivity index (χ3v) is 3.76. The molecule has 0 aliphatic rings. The van der Waals surface area contributed by atoms with Crippen LogP contribution in [-0.2, 0) is 6.42 Å². The molecule has 19 heavy (non-hydrogen) atoms. The van der Waals surface area contributed by atoms with E-state index in [1.807, 2.05) is 5.38 Å². The van der Waals surface area contributed by atoms with Crippen LogP contribution in [0.2, 0.25) is 0 Å². The van der Waals surface area contributed by atoms with E-state index >= 15 is 0 Å². The Kier molecular flexibility index (Phi) is 4.87. The van der Waals surface area contributed by atoms with E-state index in [9.17, 15) is 4.39 Å². The van der Waals surface area contributed by atoms with Gasteiger partial charge in [0, 0.05) is 5.38 Å². The monoisotopic (exact) mass is 280 g/mol. The lowest BCUT2D eigenvalue weighted by Crippen LogP contribution is -1.98. The summed E-state index contributed by atoms with van der Waals surface area (Å²) >= 11 is 1.55. The lowest BCUT2D eigenvalue weighted by Gasteiger charge is -2.06. The van der Waals surface area contributed by atoms with Crippen LogP contribution in [0.1, 0.15) is 17.8 Å². The molecule has 0 saturated heterocycles. The number of methoxy groups -OCH3 is 1. The molecule has 0 aliphatic carbocycles. The number of nitrogens with two attached hydrogens (primary N) is 1. The Morgan fingerprint density at radius 3 is 2.95 bits per heavy atom. The SMILES string of the molecule is COc1cccc(F)c1-c1csc(CCCCN)n1. The van der Waals surface area contributed by atoms with Crippen molar-refractivity contribution in [3.8, 4) is 17.0 Å². The second kappa shape index (κ2) is 6.63. The van der Waals surface area contributed by atoms with E-state index in [-0.39, 0.29) is 5.82 Å². The fourth-order valence-corrected chi connectivity index (χ4v) is 2.72. The van der Waals surface area contributed by atoms with Gasteiger partial charge >= 0.3 is 0 Å². The second-order valence-corrected chi connectivity index (χ2v) is 5.13. The van der Waals surface area contributed by atoms with Gasteiger partial charge in [-0.25, -0.2) is 9.37 Å². The Bertz CT molecular complexity index is 542. The number of aromatic nitrogens is 1. The van der Waals surface area contributed by atoms with E-state index in [1.54, 1.807) is 23.5 Å². The standard InChI is InChI=1S/C14H17FN2OS/c1-18-12-6-4-5-10(15)14(12)11-9-19-13(17-11)7-2-3-8-16/h4-6,9H,2-3,7-8,16H2,1H3. The number of nitrogens with zero attached hydrogens (tertiary/aromatic N) is 1. The van der Waals surface area contributed by atoms with Gasteiger partial charge in [0.2, 0.25) is 0 Å². The van der Waals surface area contributed by atoms with Crippen LogP contribution in [0, 0.1) is 5.82 Å². The van der Waals surface area contributed by atoms with Crippen LogP contribution in [-0.4, -0.2) is 18.6 Å². The fraction of sp³-hybridized carbons (Fsp3) is 0.357. The maximum atomic E-state index is 13.9. The van der Waals surface area contributed by atoms with Crippen molar-refractivity contribution in [2.45, 2.75) is 19.3 Å². The molecule has 0 unspecified atom stereocenters. The number of halogens is 1. The second-order valence-electron chi connectivity index (χ2n) is 4.19. The molecule has 0 atom stereocenters. The van der Waals surface area contributed by atoms with Gasteiger partial charge in [0.1, 0.15) is 11.6 Å². The molecule has 1 aromatic carbocycles. The zero-order valence-corrected chi connectivity index (χ0v) is 11.7. The normalized spacial score (nSPS) is 10.7. The molecule has 1 heterocycles. The van der Waals surface area contributed by atoms with E-state index < -0.39 is 0 Å². The highest BCUT2D eigenvalue weighted by Crippen LogP contribution is 2.33. The maximum absolute atomic E-state index is 13.9. The van der Waals surface area contributed by atoms with Crippen molar-refractivity contribution in [3.63, 3.8) is 0 Å². The first-order chi connectivity index (χ1) is 9.26. The minimum atomic E-state index is -0.307. The molecule has 0 spiro atoms. The smallest absolute Gasteiger partial charge is 0.136 e. The van der Waals surface area contributed by atoms with Crippen molar-refractivity contribution in [2.24, 2.45) is 5.73 Å². The minimum absolute atomic E-state index is 0.307. The van der Waals surface area contributed by atoms with Gasteiger partial charge in [-0.2, -0.15) is 0 Å². The van der Waals surface area contributed by atoms with Crippen LogP contribution >= 0.6 is 11.3 Å². The molecule has 2 rings (SSSR count). The van der Waals surface area contributed by atoms with E-state index in [0.717, 1.165) is 24.3 Å². The van der Waals surface area contributed by atoms with Crippen LogP contribution in [0.25, 0.3) is 11.3 Å². The number of ether oxygens (including phenoxy) is 1. The number of hydrogen-bond acceptors (Lipinski definition) is 4. The van der Waals surface area contributed by atoms with Crippen molar-refractivity contribution < 1.29 is 9.13 Å². The molecule has 0 amide bonds. The van der Waals surface area contributed by atoms with E-state index in [1.165, 1.54) is 13.2 Å². The molecule has 0 saturated carbocycles. The highest BCUT2D eigenvalue weighted by molar-refractivity contribution is 7.09. The van der Waals surface area contributed by atoms with Crippen molar-refractivity contribution in [3.05, 3.63) is 34.4 Å². The largest absolute Gasteiger partial charge is 0.496 e. The van der Waals surface area contributed by atoms with Gasteiger partial charge < -0.3 is 10.5 Å². The summed E-state index contributed by atoms with van der Waals surface area (Å²) in [7, 11) is 1.53. The summed E-state index contributed by atoms with van der Waals surface area (Å²) in [6.45, 7) is 0.694. The maximum Gasteiger partial charge on any atom is 0.136 e. The summed E-state index contributed by atoms with van der Waals surface area (Å²) in [6, 6.07) is 4.79. The van der Waals surface area contributed by atoms with Gasteiger partial charge in [-0.05, 0) is 37.9 Å². The van der Waals surface area contributed by atoms with Gasteiger partial charge in [-0.3, -0.25) is 0 Å². The summed E-state index contributed by atoms with van der Waals surface area (Å²) in [4.78, 5) is 4.48. The van der Waals surface area contributed by atoms with Gasteiger partial charge in [-0.15, -0.1) is 11.3 Å². The zero-order valence-electron chi connectivity index (χ0n) is 10.9. The third kappa shape index (κ3) is 3.30. The first kappa shape index (κ1) is 14.0. The average molecular weight is 280 g/mol. The Morgan fingerprint density at radius 2 is 2.21 bits per heavy atom. The molecule has 102 valence electrons. The molecule has 2 N–H and O–H groups in total. The number of rotatable bonds is 6. The summed E-state index contributed by atoms with van der Waals surface area (Å²) in [6.07, 6.45) is 2.88. The topological polar surface area (TPSA) is 48.1 Å². The molecular weight excluding hydrogens is 263 g/mol. The van der Waals surface area contributed by atoms with E-state index in [2.05, 4.69) is 4.98 Å². The van der Waals surface area contributed by atoms with Crippen molar-refractivity contribution in [1.29, 1.82) is 0 Å². The van der Waals surface area contributed by atoms with Crippen molar-refractivity contribution >= 4 is 11.3 Å². The highest BCUT2D eigenvalue weighted by Gasteiger charge is 2.14. The zero-order chi connectivity index (χ0) is 13.7. The Labute approximate surface area is 116 Å². The van der Waals surface area contributed by atoms with Crippen LogP contribution in [0.3, 0.4) is 0 Å². The molecule has 3 nitrogen and oxygen atoms in total. The molecule has 0 fully saturated rings. The summed E-state index contributed by atoms with van der Waals surface area (Å²) in [5.74, 6) is 0.206. The molecule has 5 heteroatoms. The van der Waals surface area contributed by atoms with Crippen LogP contribution < -0.4 is 10.5 Å². The van der Waals surface area contributed by atoms with Gasteiger partial charge in [0.05, 0.1) is 23.4 Å². The Hall–Kier alpha value is -1.46. The van der Waals surface area contributed by atoms with E-state index in [0.29, 0.717) is 23.6 Å². The number of benzene rings is 1. The number of unbranched alkanes of at least 4 members (excludes halogenated alkanes) is 1. The third-order valence-electron chi connectivity index (χ3n) is 2.85. The van der Waals surface area contributed by atoms with Crippen LogP contribution in [0.4, 0.5) is 4.39 Å². The van der Waals surface area contributed by atoms with E-state index in [4.69, 9.17) is 10.5 Å². The Balaban J connectivity index is 2.23. The summed E-state index contributed by atoms with van der Waals surface area (Å²) in [5, 5.41) is 2.88. The number of thiazole rings is 1. The van der Waals surface area contributed by atoms with Crippen molar-refractivity contribution in [1.82, 2.24) is 4.98 Å². The molecule has 0 radical (unpaired) electrons. The predicted octanol–water partition coefficient (Wildman–Crippen LogP) is 3.24. The Morgan fingerprint density at radius 1 is 1.37 bits per heavy atom. The van der Waals surface area contributed by atoms with Gasteiger partial charge in [0.15, 0.2) is 0 Å². The molecular formula is C14H17FN2OS. The molecule has 0 bridgehead atoms. The summed E-state index contributed by atoms with van der Waals surface area (Å²) < 4.78 is 19.1. The van der Waals surface area contributed by atoms with Gasteiger partial charge in [-0.1, -0.05) is 6.07 Å². The summed E-state index contributed by atoms with van der Waals surface area (Å²) in [5.41, 5.74) is 6.54. The van der Waals surface area contributed by atoms with Gasteiger partial charge in [0.25, 0.3) is 0 Å². The molecule has 0 aliphatic heterocycles. The lowest BCUT2D eigenvalue weighted by atomic mass is 10.1. The fourth-order valence-electron chi connectivity index (χ4n) is 1.88. The number of hydrogen-bond donors (Lipinski definition) is 1. The average Bonchev–Trinajstić information content (AvgIpc) is 2.87. The molecule has 2 aromatic rings. The first-order valence-corrected chi connectivity index (χ1v) is 7.11. The highest BCUT2D eigenvalue weighted by atomic mass is 32.1. The number of aryl methyl sites for hydroxylation is 1. The van der Waals surface area contributed by atoms with Crippen LogP contribution in [0.15, 0.2) is 23.6 Å². The minimum Gasteiger partial charge on any atom is -0.496 e. The lowest BCUT2D eigenvalue weighted by molar-refractivity contribution is 0.413. The predicted molar refractivity (Wildman–Crippen MR) is 76.1 cm³/mol. The first-order valence-electron chi connectivity index (χ1n) is 6.23. The van der Waals surface area contributed by atoms with Crippen molar-refractivity contribution in [2.75, 3.05) is 13.7 Å². The quantitative estimate of drug-likeness (QED) is 0.826. The van der Waals surface area contributed by atoms with Crippen LogP contribution in [0.5, 0.6) is 5.75 Å².